The number of methoxy groups -OCH3 is 1. The molecule has 3 aromatic heterocycles. The summed E-state index contributed by atoms with van der Waals surface area (Å²) in [5, 5.41) is 10.4. The zero-order valence-corrected chi connectivity index (χ0v) is 21.4. The van der Waals surface area contributed by atoms with Gasteiger partial charge in [-0.3, -0.25) is 19.6 Å². The Hall–Kier alpha value is -3.27. The third kappa shape index (κ3) is 3.78. The number of benzene rings is 1. The van der Waals surface area contributed by atoms with Crippen molar-refractivity contribution in [2.24, 2.45) is 0 Å². The Kier molecular flexibility index (Phi) is 5.59. The van der Waals surface area contributed by atoms with Crippen molar-refractivity contribution in [2.75, 3.05) is 26.7 Å². The van der Waals surface area contributed by atoms with Crippen molar-refractivity contribution in [2.45, 2.75) is 38.3 Å². The molecule has 0 aliphatic carbocycles. The molecule has 0 radical (unpaired) electrons. The van der Waals surface area contributed by atoms with Crippen molar-refractivity contribution in [1.82, 2.24) is 25.0 Å². The number of imide groups is 1. The number of carbonyl (C=O) groups is 2. The molecule has 0 bridgehead atoms. The second kappa shape index (κ2) is 8.69. The van der Waals surface area contributed by atoms with Crippen LogP contribution in [0.3, 0.4) is 0 Å². The summed E-state index contributed by atoms with van der Waals surface area (Å²) in [7, 11) is 1.76. The number of piperidine rings is 1. The van der Waals surface area contributed by atoms with E-state index in [2.05, 4.69) is 39.8 Å². The van der Waals surface area contributed by atoms with Crippen LogP contribution in [0.15, 0.2) is 41.9 Å². The maximum atomic E-state index is 13.1. The third-order valence-electron chi connectivity index (χ3n) is 7.39. The molecule has 8 nitrogen and oxygen atoms in total. The van der Waals surface area contributed by atoms with E-state index in [4.69, 9.17) is 9.84 Å². The number of nitrogens with one attached hydrogen (secondary N) is 2. The Labute approximate surface area is 212 Å². The molecule has 0 spiro atoms. The average molecular weight is 504 g/mol. The molecule has 36 heavy (non-hydrogen) atoms. The molecule has 2 aliphatic rings. The molecule has 186 valence electrons. The van der Waals surface area contributed by atoms with Crippen LogP contribution in [-0.2, 0) is 14.3 Å². The Morgan fingerprint density at radius 1 is 1.11 bits per heavy atom. The lowest BCUT2D eigenvalue weighted by atomic mass is 9.99. The van der Waals surface area contributed by atoms with Crippen molar-refractivity contribution < 1.29 is 14.3 Å². The monoisotopic (exact) mass is 503 g/mol. The van der Waals surface area contributed by atoms with E-state index in [9.17, 15) is 9.59 Å². The molecule has 0 saturated carbocycles. The van der Waals surface area contributed by atoms with Crippen LogP contribution in [0.25, 0.3) is 32.3 Å². The molecular weight excluding hydrogens is 474 g/mol. The lowest BCUT2D eigenvalue weighted by Crippen LogP contribution is -2.44. The van der Waals surface area contributed by atoms with E-state index >= 15 is 0 Å². The van der Waals surface area contributed by atoms with Gasteiger partial charge in [0.2, 0.25) is 0 Å². The zero-order valence-electron chi connectivity index (χ0n) is 20.6. The van der Waals surface area contributed by atoms with E-state index in [0.717, 1.165) is 59.2 Å². The summed E-state index contributed by atoms with van der Waals surface area (Å²) in [6, 6.07) is 10.2. The molecule has 2 aliphatic heterocycles. The Balaban J connectivity index is 1.41. The van der Waals surface area contributed by atoms with Gasteiger partial charge in [0.25, 0.3) is 11.8 Å². The number of para-hydroxylation sites is 1. The lowest BCUT2D eigenvalue weighted by Gasteiger charge is -2.36. The van der Waals surface area contributed by atoms with Crippen molar-refractivity contribution >= 4 is 55.4 Å². The molecule has 2 N–H and O–H groups in total. The highest BCUT2D eigenvalue weighted by molar-refractivity contribution is 7.17. The molecule has 5 heterocycles. The minimum absolute atomic E-state index is 0.185. The molecule has 1 fully saturated rings. The summed E-state index contributed by atoms with van der Waals surface area (Å²) in [6.07, 6.45) is 3.72. The van der Waals surface area contributed by atoms with E-state index in [0.29, 0.717) is 16.8 Å². The van der Waals surface area contributed by atoms with Gasteiger partial charge in [-0.1, -0.05) is 18.2 Å². The van der Waals surface area contributed by atoms with Gasteiger partial charge < -0.3 is 14.6 Å². The molecule has 1 aromatic carbocycles. The molecule has 0 atom stereocenters. The van der Waals surface area contributed by atoms with Gasteiger partial charge in [0.05, 0.1) is 38.5 Å². The number of aromatic nitrogens is 3. The molecule has 0 unspecified atom stereocenters. The molecule has 4 aromatic rings. The standard InChI is InChI=1S/C27H29N5O3S/c1-27(2,35-3)15-31-11-8-16(9-12-31)32-20-7-5-4-6-17(20)23(30-32)22-21(25(33)29-26(22)34)18-14-28-19-10-13-36-24(18)19/h4-7,10,13-14,16,28H,8-9,11-12,15H2,1-3H3,(H,29,33,34). The van der Waals surface area contributed by atoms with E-state index in [1.807, 2.05) is 35.8 Å². The molecule has 1 saturated heterocycles. The van der Waals surface area contributed by atoms with Crippen LogP contribution in [0.2, 0.25) is 0 Å². The summed E-state index contributed by atoms with van der Waals surface area (Å²) in [5.41, 5.74) is 3.80. The van der Waals surface area contributed by atoms with E-state index < -0.39 is 5.91 Å². The van der Waals surface area contributed by atoms with Crippen LogP contribution in [0.1, 0.15) is 44.0 Å². The third-order valence-corrected chi connectivity index (χ3v) is 8.34. The fourth-order valence-electron chi connectivity index (χ4n) is 5.45. The van der Waals surface area contributed by atoms with Gasteiger partial charge in [0, 0.05) is 43.9 Å². The van der Waals surface area contributed by atoms with Gasteiger partial charge in [-0.2, -0.15) is 5.10 Å². The predicted octanol–water partition coefficient (Wildman–Crippen LogP) is 4.21. The number of H-pyrrole nitrogens is 1. The fourth-order valence-corrected chi connectivity index (χ4v) is 6.33. The number of aromatic amines is 1. The zero-order chi connectivity index (χ0) is 25.0. The summed E-state index contributed by atoms with van der Waals surface area (Å²) < 4.78 is 8.65. The maximum Gasteiger partial charge on any atom is 0.261 e. The summed E-state index contributed by atoms with van der Waals surface area (Å²) in [4.78, 5) is 31.8. The second-order valence-electron chi connectivity index (χ2n) is 10.2. The Morgan fingerprint density at radius 2 is 1.86 bits per heavy atom. The van der Waals surface area contributed by atoms with Crippen molar-refractivity contribution in [3.8, 4) is 0 Å². The largest absolute Gasteiger partial charge is 0.377 e. The van der Waals surface area contributed by atoms with Crippen LogP contribution in [0.5, 0.6) is 0 Å². The SMILES string of the molecule is COC(C)(C)CN1CCC(n2nc(C3=C(c4c[nH]c5ccsc45)C(=O)NC3=O)c3ccccc32)CC1. The van der Waals surface area contributed by atoms with E-state index in [1.165, 1.54) is 0 Å². The minimum atomic E-state index is -0.395. The minimum Gasteiger partial charge on any atom is -0.377 e. The molecule has 9 heteroatoms. The quantitative estimate of drug-likeness (QED) is 0.385. The predicted molar refractivity (Wildman–Crippen MR) is 142 cm³/mol. The number of carbonyl (C=O) groups excluding carboxylic acids is 2. The smallest absolute Gasteiger partial charge is 0.261 e. The average Bonchev–Trinajstić information content (AvgIpc) is 3.62. The number of nitrogens with zero attached hydrogens (tertiary/aromatic N) is 3. The molecule has 2 amide bonds. The van der Waals surface area contributed by atoms with Crippen molar-refractivity contribution in [3.63, 3.8) is 0 Å². The van der Waals surface area contributed by atoms with Gasteiger partial charge in [-0.05, 0) is 44.2 Å². The second-order valence-corrected chi connectivity index (χ2v) is 11.1. The summed E-state index contributed by atoms with van der Waals surface area (Å²) in [6.45, 7) is 7.01. The maximum absolute atomic E-state index is 13.1. The normalized spacial score (nSPS) is 18.2. The number of likely N-dealkylation sites (tertiary alicyclic amines) is 1. The number of fused-ring (bicyclic) bond motifs is 2. The van der Waals surface area contributed by atoms with Crippen LogP contribution in [0.4, 0.5) is 0 Å². The Morgan fingerprint density at radius 3 is 2.64 bits per heavy atom. The number of hydrogen-bond donors (Lipinski definition) is 2. The highest BCUT2D eigenvalue weighted by Crippen LogP contribution is 2.39. The first kappa shape index (κ1) is 23.1. The molecular formula is C27H29N5O3S. The Bertz CT molecular complexity index is 1520. The van der Waals surface area contributed by atoms with Gasteiger partial charge >= 0.3 is 0 Å². The highest BCUT2D eigenvalue weighted by atomic mass is 32.1. The highest BCUT2D eigenvalue weighted by Gasteiger charge is 2.37. The van der Waals surface area contributed by atoms with Gasteiger partial charge in [0.1, 0.15) is 5.69 Å². The first-order valence-electron chi connectivity index (χ1n) is 12.3. The van der Waals surface area contributed by atoms with E-state index in [-0.39, 0.29) is 17.6 Å². The summed E-state index contributed by atoms with van der Waals surface area (Å²) >= 11 is 1.55. The van der Waals surface area contributed by atoms with Crippen molar-refractivity contribution in [1.29, 1.82) is 0 Å². The van der Waals surface area contributed by atoms with Crippen molar-refractivity contribution in [3.05, 3.63) is 53.2 Å². The van der Waals surface area contributed by atoms with Crippen LogP contribution in [0, 0.1) is 0 Å². The number of hydrogen-bond acceptors (Lipinski definition) is 6. The van der Waals surface area contributed by atoms with Crippen LogP contribution in [-0.4, -0.2) is 63.8 Å². The number of rotatable bonds is 6. The van der Waals surface area contributed by atoms with Gasteiger partial charge in [-0.15, -0.1) is 11.3 Å². The summed E-state index contributed by atoms with van der Waals surface area (Å²) in [5.74, 6) is -0.773. The lowest BCUT2D eigenvalue weighted by molar-refractivity contribution is -0.122. The van der Waals surface area contributed by atoms with Crippen LogP contribution < -0.4 is 5.32 Å². The first-order valence-corrected chi connectivity index (χ1v) is 13.1. The number of ether oxygens (including phenoxy) is 1. The van der Waals surface area contributed by atoms with Gasteiger partial charge in [-0.25, -0.2) is 0 Å². The first-order chi connectivity index (χ1) is 17.4. The number of thiophene rings is 1. The van der Waals surface area contributed by atoms with Crippen LogP contribution >= 0.6 is 11.3 Å². The fraction of sp³-hybridized carbons (Fsp3) is 0.370. The topological polar surface area (TPSA) is 92.2 Å². The van der Waals surface area contributed by atoms with E-state index in [1.54, 1.807) is 18.4 Å². The number of amides is 2. The van der Waals surface area contributed by atoms with Gasteiger partial charge in [0.15, 0.2) is 0 Å². The molecule has 6 rings (SSSR count).